The fourth-order valence-electron chi connectivity index (χ4n) is 2.95. The van der Waals surface area contributed by atoms with Crippen molar-refractivity contribution in [2.75, 3.05) is 26.2 Å². The summed E-state index contributed by atoms with van der Waals surface area (Å²) in [5.41, 5.74) is -0.538. The number of likely N-dealkylation sites (tertiary alicyclic amines) is 1. The maximum absolute atomic E-state index is 12.5. The second-order valence-electron chi connectivity index (χ2n) is 5.64. The highest BCUT2D eigenvalue weighted by Gasteiger charge is 2.28. The van der Waals surface area contributed by atoms with Gasteiger partial charge in [-0.25, -0.2) is 4.68 Å². The van der Waals surface area contributed by atoms with E-state index in [4.69, 9.17) is 0 Å². The molecule has 1 atom stereocenters. The van der Waals surface area contributed by atoms with E-state index in [0.717, 1.165) is 32.5 Å². The summed E-state index contributed by atoms with van der Waals surface area (Å²) >= 11 is 0. The molecule has 1 aliphatic heterocycles. The standard InChI is InChI=1S/C15H24N4O3/c1-3-18(4-2)15(22)12-6-5-9-17(10-12)11-19-14(21)8-7-13(20)16-19/h7-8,12H,3-6,9-11H2,1-2H3,(H,16,20)/t12-/m1/s1. The smallest absolute Gasteiger partial charge is 0.266 e. The highest BCUT2D eigenvalue weighted by Crippen LogP contribution is 2.19. The van der Waals surface area contributed by atoms with E-state index in [-0.39, 0.29) is 22.9 Å². The molecule has 0 radical (unpaired) electrons. The van der Waals surface area contributed by atoms with Crippen LogP contribution in [-0.4, -0.2) is 51.7 Å². The Morgan fingerprint density at radius 3 is 2.73 bits per heavy atom. The number of piperidine rings is 1. The van der Waals surface area contributed by atoms with E-state index in [2.05, 4.69) is 5.10 Å². The second-order valence-corrected chi connectivity index (χ2v) is 5.64. The number of carbonyl (C=O) groups excluding carboxylic acids is 1. The maximum Gasteiger partial charge on any atom is 0.266 e. The van der Waals surface area contributed by atoms with Crippen molar-refractivity contribution in [2.45, 2.75) is 33.4 Å². The first-order valence-electron chi connectivity index (χ1n) is 7.86. The zero-order chi connectivity index (χ0) is 16.1. The van der Waals surface area contributed by atoms with Crippen LogP contribution in [0.5, 0.6) is 0 Å². The summed E-state index contributed by atoms with van der Waals surface area (Å²) in [7, 11) is 0. The van der Waals surface area contributed by atoms with E-state index >= 15 is 0 Å². The molecule has 2 rings (SSSR count). The van der Waals surface area contributed by atoms with Gasteiger partial charge in [-0.2, -0.15) is 0 Å². The molecule has 0 unspecified atom stereocenters. The minimum absolute atomic E-state index is 0.0280. The zero-order valence-corrected chi connectivity index (χ0v) is 13.2. The van der Waals surface area contributed by atoms with Gasteiger partial charge < -0.3 is 4.90 Å². The van der Waals surface area contributed by atoms with Gasteiger partial charge in [-0.3, -0.25) is 24.4 Å². The van der Waals surface area contributed by atoms with Gasteiger partial charge in [0, 0.05) is 31.8 Å². The number of H-pyrrole nitrogens is 1. The molecule has 0 spiro atoms. The van der Waals surface area contributed by atoms with Gasteiger partial charge in [0.2, 0.25) is 5.91 Å². The van der Waals surface area contributed by atoms with Crippen LogP contribution in [-0.2, 0) is 11.5 Å². The van der Waals surface area contributed by atoms with Gasteiger partial charge in [0.25, 0.3) is 11.1 Å². The van der Waals surface area contributed by atoms with Crippen molar-refractivity contribution >= 4 is 5.91 Å². The minimum atomic E-state index is -0.299. The number of hydrogen-bond acceptors (Lipinski definition) is 4. The van der Waals surface area contributed by atoms with Gasteiger partial charge in [0.05, 0.1) is 12.6 Å². The molecular formula is C15H24N4O3. The Morgan fingerprint density at radius 1 is 1.32 bits per heavy atom. The van der Waals surface area contributed by atoms with Gasteiger partial charge in [0.1, 0.15) is 0 Å². The van der Waals surface area contributed by atoms with Crippen molar-refractivity contribution in [1.82, 2.24) is 19.6 Å². The monoisotopic (exact) mass is 308 g/mol. The van der Waals surface area contributed by atoms with Crippen LogP contribution >= 0.6 is 0 Å². The number of amides is 1. The molecular weight excluding hydrogens is 284 g/mol. The third kappa shape index (κ3) is 3.85. The van der Waals surface area contributed by atoms with Crippen LogP contribution in [0.3, 0.4) is 0 Å². The van der Waals surface area contributed by atoms with Crippen LogP contribution < -0.4 is 11.1 Å². The Morgan fingerprint density at radius 2 is 2.05 bits per heavy atom. The molecule has 0 bridgehead atoms. The quantitative estimate of drug-likeness (QED) is 0.835. The summed E-state index contributed by atoms with van der Waals surface area (Å²) in [5, 5.41) is 2.52. The predicted molar refractivity (Wildman–Crippen MR) is 83.5 cm³/mol. The number of hydrogen-bond donors (Lipinski definition) is 1. The molecule has 1 saturated heterocycles. The first-order chi connectivity index (χ1) is 10.5. The largest absolute Gasteiger partial charge is 0.343 e. The summed E-state index contributed by atoms with van der Waals surface area (Å²) in [6, 6.07) is 2.49. The van der Waals surface area contributed by atoms with Crippen molar-refractivity contribution in [3.63, 3.8) is 0 Å². The molecule has 1 amide bonds. The number of aromatic amines is 1. The van der Waals surface area contributed by atoms with Gasteiger partial charge in [-0.05, 0) is 33.2 Å². The Balaban J connectivity index is 2.04. The third-order valence-corrected chi connectivity index (χ3v) is 4.16. The molecule has 1 aromatic heterocycles. The summed E-state index contributed by atoms with van der Waals surface area (Å²) < 4.78 is 1.30. The highest BCUT2D eigenvalue weighted by molar-refractivity contribution is 5.79. The van der Waals surface area contributed by atoms with Crippen LogP contribution in [0.2, 0.25) is 0 Å². The maximum atomic E-state index is 12.5. The lowest BCUT2D eigenvalue weighted by atomic mass is 9.97. The second kappa shape index (κ2) is 7.40. The fraction of sp³-hybridized carbons (Fsp3) is 0.667. The van der Waals surface area contributed by atoms with E-state index < -0.39 is 0 Å². The van der Waals surface area contributed by atoms with Crippen LogP contribution in [0.25, 0.3) is 0 Å². The molecule has 22 heavy (non-hydrogen) atoms. The molecule has 1 N–H and O–H groups in total. The van der Waals surface area contributed by atoms with E-state index in [1.807, 2.05) is 23.6 Å². The number of carbonyl (C=O) groups is 1. The van der Waals surface area contributed by atoms with E-state index in [1.165, 1.54) is 16.8 Å². The van der Waals surface area contributed by atoms with Gasteiger partial charge in [-0.15, -0.1) is 0 Å². The van der Waals surface area contributed by atoms with Gasteiger partial charge in [0.15, 0.2) is 0 Å². The van der Waals surface area contributed by atoms with E-state index in [9.17, 15) is 14.4 Å². The van der Waals surface area contributed by atoms with Crippen LogP contribution in [0.1, 0.15) is 26.7 Å². The number of aromatic nitrogens is 2. The summed E-state index contributed by atoms with van der Waals surface area (Å²) in [6.07, 6.45) is 1.80. The predicted octanol–water partition coefficient (Wildman–Crippen LogP) is 0.0745. The van der Waals surface area contributed by atoms with Gasteiger partial charge >= 0.3 is 0 Å². The Labute approximate surface area is 129 Å². The normalized spacial score (nSPS) is 19.1. The molecule has 7 nitrogen and oxygen atoms in total. The Hall–Kier alpha value is -1.89. The topological polar surface area (TPSA) is 78.4 Å². The Bertz CT molecular complexity index is 618. The highest BCUT2D eigenvalue weighted by atomic mass is 16.2. The lowest BCUT2D eigenvalue weighted by molar-refractivity contribution is -0.137. The number of rotatable bonds is 5. The van der Waals surface area contributed by atoms with Crippen molar-refractivity contribution < 1.29 is 4.79 Å². The first kappa shape index (κ1) is 16.5. The average molecular weight is 308 g/mol. The molecule has 2 heterocycles. The first-order valence-corrected chi connectivity index (χ1v) is 7.86. The summed E-state index contributed by atoms with van der Waals surface area (Å²) in [5.74, 6) is 0.156. The zero-order valence-electron chi connectivity index (χ0n) is 13.2. The molecule has 0 aliphatic carbocycles. The molecule has 1 aliphatic rings. The Kier molecular flexibility index (Phi) is 5.54. The number of nitrogens with zero attached hydrogens (tertiary/aromatic N) is 3. The molecule has 7 heteroatoms. The van der Waals surface area contributed by atoms with Gasteiger partial charge in [-0.1, -0.05) is 0 Å². The summed E-state index contributed by atoms with van der Waals surface area (Å²) in [4.78, 5) is 39.4. The van der Waals surface area contributed by atoms with E-state index in [1.54, 1.807) is 0 Å². The molecule has 1 aromatic rings. The fourth-order valence-corrected chi connectivity index (χ4v) is 2.95. The molecule has 0 aromatic carbocycles. The average Bonchev–Trinajstić information content (AvgIpc) is 2.52. The summed E-state index contributed by atoms with van der Waals surface area (Å²) in [6.45, 7) is 7.17. The minimum Gasteiger partial charge on any atom is -0.343 e. The SMILES string of the molecule is CCN(CC)C(=O)[C@@H]1CCCN(Cn2[nH]c(=O)ccc2=O)C1. The van der Waals surface area contributed by atoms with E-state index in [0.29, 0.717) is 13.2 Å². The lowest BCUT2D eigenvalue weighted by Crippen LogP contribution is -2.46. The van der Waals surface area contributed by atoms with Crippen molar-refractivity contribution in [2.24, 2.45) is 5.92 Å². The molecule has 0 saturated carbocycles. The lowest BCUT2D eigenvalue weighted by Gasteiger charge is -2.34. The van der Waals surface area contributed by atoms with Crippen molar-refractivity contribution in [1.29, 1.82) is 0 Å². The van der Waals surface area contributed by atoms with Crippen LogP contribution in [0, 0.1) is 5.92 Å². The van der Waals surface area contributed by atoms with Crippen LogP contribution in [0.4, 0.5) is 0 Å². The molecule has 1 fully saturated rings. The third-order valence-electron chi connectivity index (χ3n) is 4.16. The van der Waals surface area contributed by atoms with Crippen LogP contribution in [0.15, 0.2) is 21.7 Å². The number of nitrogens with one attached hydrogen (secondary N) is 1. The molecule has 122 valence electrons. The van der Waals surface area contributed by atoms with Crippen molar-refractivity contribution in [3.05, 3.63) is 32.8 Å². The van der Waals surface area contributed by atoms with Crippen molar-refractivity contribution in [3.8, 4) is 0 Å².